The Bertz CT molecular complexity index is 429. The van der Waals surface area contributed by atoms with Gasteiger partial charge in [-0.25, -0.2) is 4.79 Å². The lowest BCUT2D eigenvalue weighted by molar-refractivity contribution is 0.0868. The third-order valence-corrected chi connectivity index (χ3v) is 4.18. The standard InChI is InChI=1S/C12H20N4O2S/c1-7(2)10-15-16-12(19-10)14-11(17)13-8(3)9-5-4-6-18-9/h7-9H,4-6H2,1-3H3,(H2,13,14,16,17)/t8-,9-/m0/s1. The Morgan fingerprint density at radius 1 is 1.42 bits per heavy atom. The maximum Gasteiger partial charge on any atom is 0.321 e. The molecule has 19 heavy (non-hydrogen) atoms. The Kier molecular flexibility index (Phi) is 4.71. The summed E-state index contributed by atoms with van der Waals surface area (Å²) in [6.45, 7) is 6.83. The van der Waals surface area contributed by atoms with Crippen molar-refractivity contribution in [3.63, 3.8) is 0 Å². The summed E-state index contributed by atoms with van der Waals surface area (Å²) < 4.78 is 5.53. The normalized spacial score (nSPS) is 20.5. The van der Waals surface area contributed by atoms with Crippen LogP contribution in [0.25, 0.3) is 0 Å². The average molecular weight is 284 g/mol. The largest absolute Gasteiger partial charge is 0.376 e. The number of amides is 2. The van der Waals surface area contributed by atoms with E-state index >= 15 is 0 Å². The predicted octanol–water partition coefficient (Wildman–Crippen LogP) is 2.35. The first-order valence-electron chi connectivity index (χ1n) is 6.58. The topological polar surface area (TPSA) is 76.1 Å². The van der Waals surface area contributed by atoms with Gasteiger partial charge in [0.15, 0.2) is 0 Å². The number of hydrogen-bond donors (Lipinski definition) is 2. The second-order valence-corrected chi connectivity index (χ2v) is 6.05. The lowest BCUT2D eigenvalue weighted by Crippen LogP contribution is -2.42. The molecule has 0 radical (unpaired) electrons. The van der Waals surface area contributed by atoms with Gasteiger partial charge in [-0.2, -0.15) is 0 Å². The number of anilines is 1. The number of carbonyl (C=O) groups is 1. The van der Waals surface area contributed by atoms with Crippen LogP contribution in [0.1, 0.15) is 44.5 Å². The number of nitrogens with zero attached hydrogens (tertiary/aromatic N) is 2. The number of carbonyl (C=O) groups excluding carboxylic acids is 1. The van der Waals surface area contributed by atoms with Crippen LogP contribution in [-0.4, -0.2) is 35.0 Å². The van der Waals surface area contributed by atoms with Crippen molar-refractivity contribution in [2.24, 2.45) is 0 Å². The molecule has 2 rings (SSSR count). The van der Waals surface area contributed by atoms with Crippen LogP contribution in [0.5, 0.6) is 0 Å². The van der Waals surface area contributed by atoms with E-state index in [9.17, 15) is 4.79 Å². The first-order chi connectivity index (χ1) is 9.06. The van der Waals surface area contributed by atoms with Crippen molar-refractivity contribution in [2.45, 2.75) is 51.7 Å². The molecule has 1 aliphatic rings. The Morgan fingerprint density at radius 3 is 2.79 bits per heavy atom. The van der Waals surface area contributed by atoms with Crippen molar-refractivity contribution in [3.05, 3.63) is 5.01 Å². The maximum absolute atomic E-state index is 11.8. The molecule has 0 spiro atoms. The Balaban J connectivity index is 1.82. The summed E-state index contributed by atoms with van der Waals surface area (Å²) in [5.41, 5.74) is 0. The van der Waals surface area contributed by atoms with Gasteiger partial charge in [0, 0.05) is 12.5 Å². The molecule has 1 aromatic heterocycles. The molecule has 0 bridgehead atoms. The van der Waals surface area contributed by atoms with Gasteiger partial charge in [-0.05, 0) is 19.8 Å². The third kappa shape index (κ3) is 3.87. The third-order valence-electron chi connectivity index (χ3n) is 3.04. The predicted molar refractivity (Wildman–Crippen MR) is 74.6 cm³/mol. The van der Waals surface area contributed by atoms with Crippen LogP contribution >= 0.6 is 11.3 Å². The fraction of sp³-hybridized carbons (Fsp3) is 0.750. The number of ether oxygens (including phenoxy) is 1. The van der Waals surface area contributed by atoms with E-state index in [2.05, 4.69) is 20.8 Å². The molecule has 0 aliphatic carbocycles. The van der Waals surface area contributed by atoms with Crippen molar-refractivity contribution >= 4 is 22.5 Å². The molecule has 2 atom stereocenters. The molecule has 1 aliphatic heterocycles. The summed E-state index contributed by atoms with van der Waals surface area (Å²) in [5, 5.41) is 15.0. The lowest BCUT2D eigenvalue weighted by Gasteiger charge is -2.19. The molecule has 2 amide bonds. The van der Waals surface area contributed by atoms with E-state index < -0.39 is 0 Å². The van der Waals surface area contributed by atoms with Crippen LogP contribution in [0.3, 0.4) is 0 Å². The van der Waals surface area contributed by atoms with Crippen LogP contribution in [-0.2, 0) is 4.74 Å². The quantitative estimate of drug-likeness (QED) is 0.890. The van der Waals surface area contributed by atoms with Crippen LogP contribution < -0.4 is 10.6 Å². The number of hydrogen-bond acceptors (Lipinski definition) is 5. The highest BCUT2D eigenvalue weighted by Gasteiger charge is 2.23. The molecule has 1 aromatic rings. The lowest BCUT2D eigenvalue weighted by atomic mass is 10.1. The summed E-state index contributed by atoms with van der Waals surface area (Å²) in [5.74, 6) is 0.321. The van der Waals surface area contributed by atoms with Gasteiger partial charge >= 0.3 is 6.03 Å². The Hall–Kier alpha value is -1.21. The smallest absolute Gasteiger partial charge is 0.321 e. The van der Waals surface area contributed by atoms with E-state index in [0.29, 0.717) is 11.0 Å². The fourth-order valence-corrected chi connectivity index (χ4v) is 2.69. The monoisotopic (exact) mass is 284 g/mol. The molecule has 7 heteroatoms. The van der Waals surface area contributed by atoms with Crippen LogP contribution in [0, 0.1) is 0 Å². The van der Waals surface area contributed by atoms with Crippen molar-refractivity contribution in [2.75, 3.05) is 11.9 Å². The Labute approximate surface area is 116 Å². The summed E-state index contributed by atoms with van der Waals surface area (Å²) in [7, 11) is 0. The molecule has 0 unspecified atom stereocenters. The first-order valence-corrected chi connectivity index (χ1v) is 7.40. The van der Waals surface area contributed by atoms with Crippen molar-refractivity contribution in [1.82, 2.24) is 15.5 Å². The van der Waals surface area contributed by atoms with Gasteiger partial charge < -0.3 is 10.1 Å². The molecular weight excluding hydrogens is 264 g/mol. The minimum absolute atomic E-state index is 0.00000871. The molecule has 1 fully saturated rings. The number of aromatic nitrogens is 2. The van der Waals surface area contributed by atoms with E-state index in [1.807, 2.05) is 20.8 Å². The Morgan fingerprint density at radius 2 is 2.21 bits per heavy atom. The zero-order chi connectivity index (χ0) is 13.8. The molecular formula is C12H20N4O2S. The SMILES string of the molecule is CC(C)c1nnc(NC(=O)N[C@@H](C)[C@@H]2CCCO2)s1. The van der Waals surface area contributed by atoms with Crippen molar-refractivity contribution in [3.8, 4) is 0 Å². The van der Waals surface area contributed by atoms with Crippen LogP contribution in [0.15, 0.2) is 0 Å². The zero-order valence-corrected chi connectivity index (χ0v) is 12.3. The van der Waals surface area contributed by atoms with Crippen molar-refractivity contribution < 1.29 is 9.53 Å². The number of urea groups is 1. The average Bonchev–Trinajstić information content (AvgIpc) is 2.98. The van der Waals surface area contributed by atoms with E-state index in [1.165, 1.54) is 11.3 Å². The highest BCUT2D eigenvalue weighted by atomic mass is 32.1. The van der Waals surface area contributed by atoms with Gasteiger partial charge in [0.25, 0.3) is 0 Å². The summed E-state index contributed by atoms with van der Waals surface area (Å²) in [6, 6.07) is -0.255. The van der Waals surface area contributed by atoms with Crippen molar-refractivity contribution in [1.29, 1.82) is 0 Å². The van der Waals surface area contributed by atoms with Gasteiger partial charge in [0.05, 0.1) is 12.1 Å². The van der Waals surface area contributed by atoms with E-state index in [-0.39, 0.29) is 18.2 Å². The second-order valence-electron chi connectivity index (χ2n) is 5.04. The molecule has 2 N–H and O–H groups in total. The highest BCUT2D eigenvalue weighted by molar-refractivity contribution is 7.15. The molecule has 0 aromatic carbocycles. The molecule has 106 valence electrons. The molecule has 2 heterocycles. The van der Waals surface area contributed by atoms with Crippen LogP contribution in [0.2, 0.25) is 0 Å². The molecule has 6 nitrogen and oxygen atoms in total. The van der Waals surface area contributed by atoms with Gasteiger partial charge in [-0.1, -0.05) is 25.2 Å². The van der Waals surface area contributed by atoms with Crippen LogP contribution in [0.4, 0.5) is 9.93 Å². The highest BCUT2D eigenvalue weighted by Crippen LogP contribution is 2.22. The van der Waals surface area contributed by atoms with Gasteiger partial charge in [0.1, 0.15) is 5.01 Å². The van der Waals surface area contributed by atoms with E-state index in [1.54, 1.807) is 0 Å². The van der Waals surface area contributed by atoms with E-state index in [0.717, 1.165) is 24.5 Å². The van der Waals surface area contributed by atoms with E-state index in [4.69, 9.17) is 4.74 Å². The number of nitrogens with one attached hydrogen (secondary N) is 2. The zero-order valence-electron chi connectivity index (χ0n) is 11.5. The van der Waals surface area contributed by atoms with Gasteiger partial charge in [-0.3, -0.25) is 5.32 Å². The summed E-state index contributed by atoms with van der Waals surface area (Å²) in [6.07, 6.45) is 2.18. The van der Waals surface area contributed by atoms with Gasteiger partial charge in [0.2, 0.25) is 5.13 Å². The van der Waals surface area contributed by atoms with Gasteiger partial charge in [-0.15, -0.1) is 10.2 Å². The minimum Gasteiger partial charge on any atom is -0.376 e. The minimum atomic E-state index is -0.255. The second kappa shape index (κ2) is 6.29. The fourth-order valence-electron chi connectivity index (χ4n) is 1.95. The first kappa shape index (κ1) is 14.2. The number of rotatable bonds is 4. The summed E-state index contributed by atoms with van der Waals surface area (Å²) in [4.78, 5) is 11.8. The molecule has 1 saturated heterocycles. The molecule has 0 saturated carbocycles. The maximum atomic E-state index is 11.8. The summed E-state index contributed by atoms with van der Waals surface area (Å²) >= 11 is 1.40.